The average Bonchev–Trinajstić information content (AvgIpc) is 3.44. The zero-order valence-corrected chi connectivity index (χ0v) is 20.1. The van der Waals surface area contributed by atoms with E-state index in [0.29, 0.717) is 0 Å². The lowest BCUT2D eigenvalue weighted by Gasteiger charge is -2.34. The van der Waals surface area contributed by atoms with Crippen LogP contribution in [-0.4, -0.2) is 75.8 Å². The van der Waals surface area contributed by atoms with Crippen molar-refractivity contribution in [2.24, 2.45) is 0 Å². The van der Waals surface area contributed by atoms with Crippen LogP contribution in [0.5, 0.6) is 0 Å². The summed E-state index contributed by atoms with van der Waals surface area (Å²) in [4.78, 5) is 25.4. The number of hydrogen-bond donors (Lipinski definition) is 2. The highest BCUT2D eigenvalue weighted by atomic mass is 32.1. The number of piperazine rings is 1. The maximum atomic E-state index is 12.0. The molecule has 1 aliphatic heterocycles. The Kier molecular flexibility index (Phi) is 6.52. The number of methoxy groups -OCH3 is 1. The fraction of sp³-hybridized carbons (Fsp3) is 0.333. The number of aromatic nitrogens is 4. The lowest BCUT2D eigenvalue weighted by molar-refractivity contribution is -0.136. The molecule has 9 nitrogen and oxygen atoms in total. The molecule has 0 atom stereocenters. The van der Waals surface area contributed by atoms with Crippen molar-refractivity contribution < 1.29 is 9.53 Å². The molecule has 34 heavy (non-hydrogen) atoms. The Morgan fingerprint density at radius 2 is 2.06 bits per heavy atom. The van der Waals surface area contributed by atoms with E-state index in [9.17, 15) is 4.79 Å². The van der Waals surface area contributed by atoms with Crippen LogP contribution in [0.4, 0.5) is 10.9 Å². The summed E-state index contributed by atoms with van der Waals surface area (Å²) in [6.07, 6.45) is 3.67. The predicted molar refractivity (Wildman–Crippen MR) is 133 cm³/mol. The number of anilines is 2. The quantitative estimate of drug-likeness (QED) is 0.421. The monoisotopic (exact) mass is 477 g/mol. The Morgan fingerprint density at radius 1 is 1.21 bits per heavy atom. The minimum absolute atomic E-state index is 0.0559. The number of carbonyl (C=O) groups excluding carboxylic acids is 1. The predicted octanol–water partition coefficient (Wildman–Crippen LogP) is 3.42. The van der Waals surface area contributed by atoms with Crippen molar-refractivity contribution in [2.45, 2.75) is 13.5 Å². The molecule has 4 aromatic rings. The van der Waals surface area contributed by atoms with E-state index in [-0.39, 0.29) is 12.5 Å². The van der Waals surface area contributed by atoms with Gasteiger partial charge in [-0.05, 0) is 42.3 Å². The molecule has 0 spiro atoms. The highest BCUT2D eigenvalue weighted by molar-refractivity contribution is 7.22. The number of rotatable bonds is 7. The first-order chi connectivity index (χ1) is 16.6. The molecule has 1 saturated heterocycles. The van der Waals surface area contributed by atoms with Crippen molar-refractivity contribution in [3.63, 3.8) is 0 Å². The maximum absolute atomic E-state index is 12.0. The fourth-order valence-corrected chi connectivity index (χ4v) is 5.08. The number of aryl methyl sites for hydroxylation is 1. The van der Waals surface area contributed by atoms with Crippen molar-refractivity contribution in [3.05, 3.63) is 54.0 Å². The first-order valence-electron chi connectivity index (χ1n) is 11.2. The van der Waals surface area contributed by atoms with Gasteiger partial charge in [-0.1, -0.05) is 17.4 Å². The van der Waals surface area contributed by atoms with E-state index < -0.39 is 0 Å². The number of benzene rings is 1. The number of thiazole rings is 1. The molecule has 3 aromatic heterocycles. The van der Waals surface area contributed by atoms with E-state index in [2.05, 4.69) is 43.6 Å². The summed E-state index contributed by atoms with van der Waals surface area (Å²) in [5.41, 5.74) is 5.40. The summed E-state index contributed by atoms with van der Waals surface area (Å²) in [6, 6.07) is 10.4. The van der Waals surface area contributed by atoms with Gasteiger partial charge in [0.15, 0.2) is 5.13 Å². The van der Waals surface area contributed by atoms with E-state index in [1.807, 2.05) is 36.4 Å². The van der Waals surface area contributed by atoms with Gasteiger partial charge in [0.05, 0.1) is 16.4 Å². The van der Waals surface area contributed by atoms with E-state index in [1.54, 1.807) is 18.4 Å². The standard InChI is InChI=1S/C24H27N7O2S/c1-16-19(13-26-29-16)18-3-4-20-21(12-18)34-24(27-20)28-22-11-17(5-6-25-22)14-30-7-9-31(10-8-30)23(32)15-33-2/h3-6,11-13H,7-10,14-15H2,1-2H3,(H,26,29)(H,25,27,28). The average molecular weight is 478 g/mol. The summed E-state index contributed by atoms with van der Waals surface area (Å²) in [5, 5.41) is 11.3. The molecule has 0 unspecified atom stereocenters. The second kappa shape index (κ2) is 9.88. The summed E-state index contributed by atoms with van der Waals surface area (Å²) in [5.74, 6) is 0.830. The second-order valence-electron chi connectivity index (χ2n) is 8.37. The Hall–Kier alpha value is -3.34. The lowest BCUT2D eigenvalue weighted by Crippen LogP contribution is -2.49. The molecule has 2 N–H and O–H groups in total. The number of fused-ring (bicyclic) bond motifs is 1. The highest BCUT2D eigenvalue weighted by Gasteiger charge is 2.21. The molecule has 5 rings (SSSR count). The largest absolute Gasteiger partial charge is 0.375 e. The van der Waals surface area contributed by atoms with Crippen LogP contribution in [0.25, 0.3) is 21.3 Å². The number of aromatic amines is 1. The minimum Gasteiger partial charge on any atom is -0.375 e. The Labute approximate surface area is 201 Å². The van der Waals surface area contributed by atoms with Gasteiger partial charge < -0.3 is 15.0 Å². The molecular weight excluding hydrogens is 450 g/mol. The summed E-state index contributed by atoms with van der Waals surface area (Å²) >= 11 is 1.61. The van der Waals surface area contributed by atoms with E-state index in [4.69, 9.17) is 9.72 Å². The molecule has 0 radical (unpaired) electrons. The zero-order valence-electron chi connectivity index (χ0n) is 19.2. The third kappa shape index (κ3) is 4.93. The Morgan fingerprint density at radius 3 is 2.82 bits per heavy atom. The van der Waals surface area contributed by atoms with Crippen LogP contribution >= 0.6 is 11.3 Å². The van der Waals surface area contributed by atoms with Crippen LogP contribution in [0.1, 0.15) is 11.3 Å². The van der Waals surface area contributed by atoms with Gasteiger partial charge in [-0.3, -0.25) is 14.8 Å². The second-order valence-corrected chi connectivity index (χ2v) is 9.41. The van der Waals surface area contributed by atoms with Gasteiger partial charge in [-0.15, -0.1) is 0 Å². The fourth-order valence-electron chi connectivity index (χ4n) is 4.17. The van der Waals surface area contributed by atoms with Gasteiger partial charge in [-0.2, -0.15) is 5.10 Å². The molecule has 1 aromatic carbocycles. The Balaban J connectivity index is 1.24. The summed E-state index contributed by atoms with van der Waals surface area (Å²) in [6.45, 7) is 6.13. The van der Waals surface area contributed by atoms with Gasteiger partial charge in [-0.25, -0.2) is 9.97 Å². The SMILES string of the molecule is COCC(=O)N1CCN(Cc2ccnc(Nc3nc4ccc(-c5cn[nH]c5C)cc4s3)c2)CC1. The zero-order chi connectivity index (χ0) is 23.5. The van der Waals surface area contributed by atoms with Crippen LogP contribution in [0.15, 0.2) is 42.7 Å². The van der Waals surface area contributed by atoms with Gasteiger partial charge >= 0.3 is 0 Å². The van der Waals surface area contributed by atoms with Crippen LogP contribution in [0.2, 0.25) is 0 Å². The third-order valence-corrected chi connectivity index (χ3v) is 6.92. The highest BCUT2D eigenvalue weighted by Crippen LogP contribution is 2.32. The number of H-pyrrole nitrogens is 1. The van der Waals surface area contributed by atoms with Crippen molar-refractivity contribution in [1.82, 2.24) is 30.0 Å². The minimum atomic E-state index is 0.0559. The Bertz CT molecular complexity index is 1290. The molecule has 10 heteroatoms. The van der Waals surface area contributed by atoms with Crippen molar-refractivity contribution in [2.75, 3.05) is 45.2 Å². The van der Waals surface area contributed by atoms with Crippen LogP contribution in [0.3, 0.4) is 0 Å². The number of pyridine rings is 1. The summed E-state index contributed by atoms with van der Waals surface area (Å²) < 4.78 is 6.07. The smallest absolute Gasteiger partial charge is 0.248 e. The van der Waals surface area contributed by atoms with Crippen molar-refractivity contribution in [3.8, 4) is 11.1 Å². The molecule has 4 heterocycles. The molecule has 0 bridgehead atoms. The maximum Gasteiger partial charge on any atom is 0.248 e. The van der Waals surface area contributed by atoms with Crippen molar-refractivity contribution in [1.29, 1.82) is 0 Å². The van der Waals surface area contributed by atoms with Gasteiger partial charge in [0.25, 0.3) is 0 Å². The van der Waals surface area contributed by atoms with E-state index in [1.165, 1.54) is 5.56 Å². The van der Waals surface area contributed by atoms with Gasteiger partial charge in [0, 0.05) is 57.3 Å². The first-order valence-corrected chi connectivity index (χ1v) is 12.0. The number of hydrogen-bond acceptors (Lipinski definition) is 8. The third-order valence-electron chi connectivity index (χ3n) is 5.99. The van der Waals surface area contributed by atoms with Crippen molar-refractivity contribution >= 4 is 38.4 Å². The molecule has 1 amide bonds. The normalized spacial score (nSPS) is 14.6. The first kappa shape index (κ1) is 22.5. The molecule has 1 fully saturated rings. The molecular formula is C24H27N7O2S. The molecule has 0 aliphatic carbocycles. The van der Waals surface area contributed by atoms with Gasteiger partial charge in [0.2, 0.25) is 5.91 Å². The summed E-state index contributed by atoms with van der Waals surface area (Å²) in [7, 11) is 1.55. The van der Waals surface area contributed by atoms with E-state index >= 15 is 0 Å². The lowest BCUT2D eigenvalue weighted by atomic mass is 10.1. The van der Waals surface area contributed by atoms with E-state index in [0.717, 1.165) is 70.7 Å². The number of amides is 1. The topological polar surface area (TPSA) is 99.3 Å². The van der Waals surface area contributed by atoms with Crippen LogP contribution in [-0.2, 0) is 16.1 Å². The van der Waals surface area contributed by atoms with Gasteiger partial charge in [0.1, 0.15) is 12.4 Å². The molecule has 176 valence electrons. The molecule has 0 saturated carbocycles. The number of nitrogens with one attached hydrogen (secondary N) is 2. The molecule has 1 aliphatic rings. The van der Waals surface area contributed by atoms with Crippen LogP contribution < -0.4 is 5.32 Å². The number of carbonyl (C=O) groups is 1. The number of nitrogens with zero attached hydrogens (tertiary/aromatic N) is 5. The number of ether oxygens (including phenoxy) is 1. The van der Waals surface area contributed by atoms with Crippen LogP contribution in [0, 0.1) is 6.92 Å².